The van der Waals surface area contributed by atoms with Crippen molar-refractivity contribution in [1.82, 2.24) is 0 Å². The van der Waals surface area contributed by atoms with Crippen molar-refractivity contribution >= 4 is 5.69 Å². The minimum absolute atomic E-state index is 0.0497. The highest BCUT2D eigenvalue weighted by atomic mass is 16.6. The number of rotatable bonds is 1. The van der Waals surface area contributed by atoms with Crippen LogP contribution in [0.3, 0.4) is 0 Å². The second-order valence-electron chi connectivity index (χ2n) is 3.83. The number of para-hydroxylation sites is 1. The fourth-order valence-corrected chi connectivity index (χ4v) is 2.19. The van der Waals surface area contributed by atoms with Gasteiger partial charge < -0.3 is 4.74 Å². The Bertz CT molecular complexity index is 519. The highest BCUT2D eigenvalue weighted by Gasteiger charge is 2.36. The molecule has 0 amide bonds. The van der Waals surface area contributed by atoms with Crippen molar-refractivity contribution in [3.8, 4) is 5.75 Å². The van der Waals surface area contributed by atoms with Gasteiger partial charge >= 0.3 is 5.69 Å². The number of nitro groups is 1. The lowest BCUT2D eigenvalue weighted by atomic mass is 9.92. The van der Waals surface area contributed by atoms with Crippen LogP contribution < -0.4 is 4.74 Å². The molecule has 2 aliphatic rings. The molecule has 2 unspecified atom stereocenters. The Morgan fingerprint density at radius 3 is 2.88 bits per heavy atom. The summed E-state index contributed by atoms with van der Waals surface area (Å²) in [7, 11) is 0. The number of benzene rings is 1. The standard InChI is InChI=1S/C12H9NO3/c14-13(15)10-6-3-5-9-8-4-1-2-7-11(8)16-12(9)10/h1-8,11H. The van der Waals surface area contributed by atoms with Gasteiger partial charge in [-0.25, -0.2) is 0 Å². The topological polar surface area (TPSA) is 52.4 Å². The van der Waals surface area contributed by atoms with Crippen molar-refractivity contribution in [3.05, 3.63) is 58.2 Å². The normalized spacial score (nSPS) is 24.8. The van der Waals surface area contributed by atoms with Crippen molar-refractivity contribution in [2.24, 2.45) is 0 Å². The van der Waals surface area contributed by atoms with Gasteiger partial charge in [0.15, 0.2) is 0 Å². The molecule has 1 aromatic rings. The molecule has 80 valence electrons. The fourth-order valence-electron chi connectivity index (χ4n) is 2.19. The number of hydrogen-bond donors (Lipinski definition) is 0. The zero-order valence-corrected chi connectivity index (χ0v) is 8.37. The Morgan fingerprint density at radius 1 is 1.25 bits per heavy atom. The number of allylic oxidation sites excluding steroid dienone is 2. The molecule has 3 rings (SSSR count). The molecule has 1 aliphatic heterocycles. The maximum absolute atomic E-state index is 10.9. The summed E-state index contributed by atoms with van der Waals surface area (Å²) in [5, 5.41) is 10.9. The third-order valence-corrected chi connectivity index (χ3v) is 2.92. The highest BCUT2D eigenvalue weighted by molar-refractivity contribution is 5.58. The molecule has 0 radical (unpaired) electrons. The molecule has 16 heavy (non-hydrogen) atoms. The Kier molecular flexibility index (Phi) is 1.83. The summed E-state index contributed by atoms with van der Waals surface area (Å²) in [6.07, 6.45) is 7.69. The van der Waals surface area contributed by atoms with Crippen molar-refractivity contribution in [3.63, 3.8) is 0 Å². The second-order valence-corrected chi connectivity index (χ2v) is 3.83. The van der Waals surface area contributed by atoms with Gasteiger partial charge in [-0.05, 0) is 6.08 Å². The van der Waals surface area contributed by atoms with E-state index in [0.29, 0.717) is 5.75 Å². The molecule has 1 heterocycles. The molecule has 2 atom stereocenters. The van der Waals surface area contributed by atoms with E-state index in [2.05, 4.69) is 0 Å². The number of hydrogen-bond acceptors (Lipinski definition) is 3. The van der Waals surface area contributed by atoms with Crippen LogP contribution in [0.4, 0.5) is 5.69 Å². The van der Waals surface area contributed by atoms with Crippen LogP contribution in [0.5, 0.6) is 5.75 Å². The SMILES string of the molecule is O=[N+]([O-])c1cccc2c1OC1C=CC=CC21. The first kappa shape index (κ1) is 9.15. The molecule has 0 saturated carbocycles. The number of nitro benzene ring substituents is 1. The number of nitrogens with zero attached hydrogens (tertiary/aromatic N) is 1. The summed E-state index contributed by atoms with van der Waals surface area (Å²) in [6, 6.07) is 5.06. The van der Waals surface area contributed by atoms with Gasteiger partial charge in [-0.1, -0.05) is 30.4 Å². The summed E-state index contributed by atoms with van der Waals surface area (Å²) in [6.45, 7) is 0. The third kappa shape index (κ3) is 1.16. The van der Waals surface area contributed by atoms with Crippen LogP contribution in [0.25, 0.3) is 0 Å². The molecule has 0 bridgehead atoms. The summed E-state index contributed by atoms with van der Waals surface area (Å²) in [4.78, 5) is 10.5. The van der Waals surface area contributed by atoms with Gasteiger partial charge in [0.05, 0.1) is 4.92 Å². The summed E-state index contributed by atoms with van der Waals surface area (Å²) < 4.78 is 5.62. The minimum Gasteiger partial charge on any atom is -0.478 e. The van der Waals surface area contributed by atoms with Crippen molar-refractivity contribution in [1.29, 1.82) is 0 Å². The van der Waals surface area contributed by atoms with Crippen LogP contribution in [0.1, 0.15) is 11.5 Å². The Labute approximate surface area is 92.0 Å². The van der Waals surface area contributed by atoms with Crippen LogP contribution in [-0.4, -0.2) is 11.0 Å². The van der Waals surface area contributed by atoms with Gasteiger partial charge in [-0.3, -0.25) is 10.1 Å². The molecule has 1 aromatic carbocycles. The molecule has 0 N–H and O–H groups in total. The highest BCUT2D eigenvalue weighted by Crippen LogP contribution is 2.45. The van der Waals surface area contributed by atoms with Gasteiger partial charge in [0, 0.05) is 17.5 Å². The fraction of sp³-hybridized carbons (Fsp3) is 0.167. The van der Waals surface area contributed by atoms with E-state index < -0.39 is 4.92 Å². The predicted octanol–water partition coefficient (Wildman–Crippen LogP) is 2.57. The number of ether oxygens (including phenoxy) is 1. The zero-order chi connectivity index (χ0) is 11.1. The Balaban J connectivity index is 2.15. The summed E-state index contributed by atoms with van der Waals surface area (Å²) >= 11 is 0. The monoisotopic (exact) mass is 215 g/mol. The van der Waals surface area contributed by atoms with Crippen LogP contribution in [-0.2, 0) is 0 Å². The van der Waals surface area contributed by atoms with Gasteiger partial charge in [-0.15, -0.1) is 0 Å². The van der Waals surface area contributed by atoms with Crippen LogP contribution in [0.2, 0.25) is 0 Å². The first-order chi connectivity index (χ1) is 7.77. The minimum atomic E-state index is -0.399. The summed E-state index contributed by atoms with van der Waals surface area (Å²) in [5.41, 5.74) is 0.952. The first-order valence-corrected chi connectivity index (χ1v) is 5.06. The van der Waals surface area contributed by atoms with Crippen LogP contribution >= 0.6 is 0 Å². The van der Waals surface area contributed by atoms with E-state index in [4.69, 9.17) is 4.74 Å². The molecule has 4 nitrogen and oxygen atoms in total. The van der Waals surface area contributed by atoms with Crippen molar-refractivity contribution in [2.75, 3.05) is 0 Å². The Hall–Kier alpha value is -2.10. The lowest BCUT2D eigenvalue weighted by Crippen LogP contribution is -2.15. The molecule has 0 spiro atoms. The predicted molar refractivity (Wildman–Crippen MR) is 58.5 cm³/mol. The summed E-state index contributed by atoms with van der Waals surface area (Å²) in [5.74, 6) is 0.526. The zero-order valence-electron chi connectivity index (χ0n) is 8.37. The average molecular weight is 215 g/mol. The van der Waals surface area contributed by atoms with Crippen molar-refractivity contribution in [2.45, 2.75) is 12.0 Å². The third-order valence-electron chi connectivity index (χ3n) is 2.92. The van der Waals surface area contributed by atoms with Gasteiger partial charge in [0.25, 0.3) is 0 Å². The van der Waals surface area contributed by atoms with Gasteiger partial charge in [0.1, 0.15) is 6.10 Å². The molecule has 1 aliphatic carbocycles. The lowest BCUT2D eigenvalue weighted by Gasteiger charge is -2.13. The van der Waals surface area contributed by atoms with E-state index in [9.17, 15) is 10.1 Å². The molecule has 0 fully saturated rings. The second kappa shape index (κ2) is 3.20. The maximum Gasteiger partial charge on any atom is 0.311 e. The van der Waals surface area contributed by atoms with Gasteiger partial charge in [-0.2, -0.15) is 0 Å². The quantitative estimate of drug-likeness (QED) is 0.534. The largest absolute Gasteiger partial charge is 0.478 e. The first-order valence-electron chi connectivity index (χ1n) is 5.06. The lowest BCUT2D eigenvalue weighted by molar-refractivity contribution is -0.385. The average Bonchev–Trinajstić information content (AvgIpc) is 2.67. The van der Waals surface area contributed by atoms with Crippen molar-refractivity contribution < 1.29 is 9.66 Å². The molecular formula is C12H9NO3. The van der Waals surface area contributed by atoms with Crippen LogP contribution in [0.15, 0.2) is 42.5 Å². The van der Waals surface area contributed by atoms with E-state index in [1.807, 2.05) is 30.4 Å². The number of fused-ring (bicyclic) bond motifs is 3. The van der Waals surface area contributed by atoms with Gasteiger partial charge in [0.2, 0.25) is 5.75 Å². The molecule has 4 heteroatoms. The van der Waals surface area contributed by atoms with Crippen LogP contribution in [0, 0.1) is 10.1 Å². The van der Waals surface area contributed by atoms with E-state index in [1.54, 1.807) is 6.07 Å². The molecule has 0 aromatic heterocycles. The molecule has 0 saturated heterocycles. The smallest absolute Gasteiger partial charge is 0.311 e. The van der Waals surface area contributed by atoms with E-state index in [1.165, 1.54) is 6.07 Å². The van der Waals surface area contributed by atoms with E-state index in [0.717, 1.165) is 5.56 Å². The molecular weight excluding hydrogens is 206 g/mol. The van der Waals surface area contributed by atoms with E-state index in [-0.39, 0.29) is 17.7 Å². The Morgan fingerprint density at radius 2 is 2.06 bits per heavy atom. The maximum atomic E-state index is 10.9. The van der Waals surface area contributed by atoms with E-state index >= 15 is 0 Å².